The second-order valence-corrected chi connectivity index (χ2v) is 11.3. The molecule has 1 aliphatic heterocycles. The summed E-state index contributed by atoms with van der Waals surface area (Å²) in [4.78, 5) is 15.5. The number of carbonyl (C=O) groups is 1. The lowest BCUT2D eigenvalue weighted by Crippen LogP contribution is -2.29. The summed E-state index contributed by atoms with van der Waals surface area (Å²) in [7, 11) is -3.86. The van der Waals surface area contributed by atoms with E-state index >= 15 is 0 Å². The van der Waals surface area contributed by atoms with Crippen LogP contribution in [0.1, 0.15) is 57.4 Å². The van der Waals surface area contributed by atoms with Gasteiger partial charge in [0.25, 0.3) is 15.9 Å². The molecule has 1 fully saturated rings. The second kappa shape index (κ2) is 11.3. The van der Waals surface area contributed by atoms with Crippen LogP contribution in [0.15, 0.2) is 65.6 Å². The third-order valence-corrected chi connectivity index (χ3v) is 8.40. The normalized spacial score (nSPS) is 14.4. The number of carbonyl (C=O) groups excluding carboxylic acids is 1. The maximum Gasteiger partial charge on any atom is 0.262 e. The molecular formula is C29H35N3O3S. The van der Waals surface area contributed by atoms with Gasteiger partial charge >= 0.3 is 0 Å². The zero-order valence-electron chi connectivity index (χ0n) is 21.3. The van der Waals surface area contributed by atoms with E-state index in [9.17, 15) is 13.2 Å². The number of likely N-dealkylation sites (tertiary alicyclic amines) is 1. The van der Waals surface area contributed by atoms with Crippen molar-refractivity contribution in [3.8, 4) is 0 Å². The molecule has 0 atom stereocenters. The average Bonchev–Trinajstić information content (AvgIpc) is 2.86. The van der Waals surface area contributed by atoms with Crippen LogP contribution in [-0.2, 0) is 23.1 Å². The van der Waals surface area contributed by atoms with Gasteiger partial charge in [-0.15, -0.1) is 0 Å². The minimum Gasteiger partial charge on any atom is -0.348 e. The summed E-state index contributed by atoms with van der Waals surface area (Å²) in [6, 6.07) is 18.6. The van der Waals surface area contributed by atoms with E-state index < -0.39 is 10.0 Å². The number of benzene rings is 3. The van der Waals surface area contributed by atoms with Gasteiger partial charge in [-0.25, -0.2) is 8.42 Å². The molecule has 0 spiro atoms. The van der Waals surface area contributed by atoms with Gasteiger partial charge in [-0.05, 0) is 92.7 Å². The van der Waals surface area contributed by atoms with Crippen molar-refractivity contribution in [2.24, 2.45) is 0 Å². The molecule has 0 aromatic heterocycles. The quantitative estimate of drug-likeness (QED) is 0.434. The number of piperidine rings is 1. The Morgan fingerprint density at radius 3 is 2.36 bits per heavy atom. The minimum atomic E-state index is -3.86. The first kappa shape index (κ1) is 25.9. The lowest BCUT2D eigenvalue weighted by molar-refractivity contribution is 0.0950. The maximum atomic E-state index is 13.2. The van der Waals surface area contributed by atoms with E-state index in [1.807, 2.05) is 38.1 Å². The molecule has 2 N–H and O–H groups in total. The van der Waals surface area contributed by atoms with Crippen molar-refractivity contribution >= 4 is 21.6 Å². The van der Waals surface area contributed by atoms with Crippen molar-refractivity contribution < 1.29 is 13.2 Å². The third-order valence-electron chi connectivity index (χ3n) is 6.89. The van der Waals surface area contributed by atoms with E-state index in [0.29, 0.717) is 23.4 Å². The van der Waals surface area contributed by atoms with E-state index in [4.69, 9.17) is 0 Å². The Kier molecular flexibility index (Phi) is 8.11. The van der Waals surface area contributed by atoms with Gasteiger partial charge in [-0.3, -0.25) is 14.4 Å². The Morgan fingerprint density at radius 1 is 0.861 bits per heavy atom. The predicted octanol–water partition coefficient (Wildman–Crippen LogP) is 5.33. The Hall–Kier alpha value is -3.16. The van der Waals surface area contributed by atoms with Gasteiger partial charge in [-0.1, -0.05) is 48.9 Å². The minimum absolute atomic E-state index is 0.0968. The van der Waals surface area contributed by atoms with Gasteiger partial charge in [0, 0.05) is 18.7 Å². The van der Waals surface area contributed by atoms with Crippen molar-refractivity contribution in [3.63, 3.8) is 0 Å². The van der Waals surface area contributed by atoms with Crippen LogP contribution in [0.5, 0.6) is 0 Å². The highest BCUT2D eigenvalue weighted by molar-refractivity contribution is 7.92. The summed E-state index contributed by atoms with van der Waals surface area (Å²) in [5.41, 5.74) is 5.56. The fourth-order valence-corrected chi connectivity index (χ4v) is 5.98. The number of nitrogens with one attached hydrogen (secondary N) is 2. The van der Waals surface area contributed by atoms with Gasteiger partial charge < -0.3 is 5.32 Å². The molecule has 1 heterocycles. The Balaban J connectivity index is 1.45. The van der Waals surface area contributed by atoms with Crippen LogP contribution in [0.25, 0.3) is 0 Å². The van der Waals surface area contributed by atoms with Crippen LogP contribution in [0.4, 0.5) is 5.69 Å². The number of rotatable bonds is 8. The molecule has 7 heteroatoms. The van der Waals surface area contributed by atoms with Crippen LogP contribution < -0.4 is 10.0 Å². The van der Waals surface area contributed by atoms with Crippen molar-refractivity contribution in [3.05, 3.63) is 94.0 Å². The lowest BCUT2D eigenvalue weighted by Gasteiger charge is -2.26. The molecule has 190 valence electrons. The van der Waals surface area contributed by atoms with Gasteiger partial charge in [0.1, 0.15) is 0 Å². The topological polar surface area (TPSA) is 78.5 Å². The fourth-order valence-electron chi connectivity index (χ4n) is 4.59. The summed E-state index contributed by atoms with van der Waals surface area (Å²) in [6.45, 7) is 9.12. The number of sulfonamides is 1. The number of nitrogens with zero attached hydrogens (tertiary/aromatic N) is 1. The van der Waals surface area contributed by atoms with Crippen LogP contribution in [0, 0.1) is 20.8 Å². The van der Waals surface area contributed by atoms with Crippen molar-refractivity contribution in [2.75, 3.05) is 17.8 Å². The first-order valence-electron chi connectivity index (χ1n) is 12.5. The van der Waals surface area contributed by atoms with E-state index in [-0.39, 0.29) is 10.8 Å². The lowest BCUT2D eigenvalue weighted by atomic mass is 10.1. The molecule has 1 aliphatic rings. The van der Waals surface area contributed by atoms with Crippen molar-refractivity contribution in [2.45, 2.75) is 58.0 Å². The van der Waals surface area contributed by atoms with Crippen molar-refractivity contribution in [1.29, 1.82) is 0 Å². The van der Waals surface area contributed by atoms with Gasteiger partial charge in [0.2, 0.25) is 0 Å². The van der Waals surface area contributed by atoms with Crippen LogP contribution in [-0.4, -0.2) is 32.3 Å². The summed E-state index contributed by atoms with van der Waals surface area (Å²) in [5.74, 6) is -0.306. The van der Waals surface area contributed by atoms with Crippen LogP contribution in [0.3, 0.4) is 0 Å². The average molecular weight is 506 g/mol. The van der Waals surface area contributed by atoms with Gasteiger partial charge in [0.05, 0.1) is 10.6 Å². The molecule has 1 saturated heterocycles. The zero-order chi connectivity index (χ0) is 25.7. The van der Waals surface area contributed by atoms with Gasteiger partial charge in [-0.2, -0.15) is 0 Å². The Morgan fingerprint density at radius 2 is 1.58 bits per heavy atom. The maximum absolute atomic E-state index is 13.2. The zero-order valence-corrected chi connectivity index (χ0v) is 22.1. The molecule has 0 bridgehead atoms. The fraction of sp³-hybridized carbons (Fsp3) is 0.345. The molecule has 4 rings (SSSR count). The molecule has 3 aromatic carbocycles. The highest BCUT2D eigenvalue weighted by Crippen LogP contribution is 2.24. The number of anilines is 1. The Labute approximate surface area is 214 Å². The van der Waals surface area contributed by atoms with E-state index in [0.717, 1.165) is 36.3 Å². The molecular weight excluding hydrogens is 470 g/mol. The van der Waals surface area contributed by atoms with E-state index in [2.05, 4.69) is 27.1 Å². The Bertz CT molecular complexity index is 1350. The SMILES string of the molecule is Cc1ccc(C(=O)NCc2cccc(CN3CCCCC3)c2)cc1S(=O)(=O)Nc1cccc(C)c1C. The largest absolute Gasteiger partial charge is 0.348 e. The first-order valence-corrected chi connectivity index (χ1v) is 14.0. The molecule has 3 aromatic rings. The van der Waals surface area contributed by atoms with Crippen LogP contribution in [0.2, 0.25) is 0 Å². The number of hydrogen-bond donors (Lipinski definition) is 2. The number of aryl methyl sites for hydroxylation is 2. The molecule has 0 radical (unpaired) electrons. The van der Waals surface area contributed by atoms with E-state index in [1.165, 1.54) is 30.9 Å². The standard InChI is InChI=1S/C29H35N3O3S/c1-21-9-7-12-27(23(21)3)31-36(34,35)28-18-26(14-13-22(28)2)29(33)30-19-24-10-8-11-25(17-24)20-32-15-5-4-6-16-32/h7-14,17-18,31H,4-6,15-16,19-20H2,1-3H3,(H,30,33). The van der Waals surface area contributed by atoms with Crippen LogP contribution >= 0.6 is 0 Å². The monoisotopic (exact) mass is 505 g/mol. The van der Waals surface area contributed by atoms with E-state index in [1.54, 1.807) is 25.1 Å². The summed E-state index contributed by atoms with van der Waals surface area (Å²) < 4.78 is 29.1. The predicted molar refractivity (Wildman–Crippen MR) is 145 cm³/mol. The summed E-state index contributed by atoms with van der Waals surface area (Å²) in [5, 5.41) is 2.94. The summed E-state index contributed by atoms with van der Waals surface area (Å²) >= 11 is 0. The second-order valence-electron chi connectivity index (χ2n) is 9.67. The molecule has 0 unspecified atom stereocenters. The van der Waals surface area contributed by atoms with Crippen molar-refractivity contribution in [1.82, 2.24) is 10.2 Å². The highest BCUT2D eigenvalue weighted by Gasteiger charge is 2.20. The first-order chi connectivity index (χ1) is 17.2. The highest BCUT2D eigenvalue weighted by atomic mass is 32.2. The number of amides is 1. The third kappa shape index (κ3) is 6.33. The number of hydrogen-bond acceptors (Lipinski definition) is 4. The molecule has 0 aliphatic carbocycles. The molecule has 0 saturated carbocycles. The van der Waals surface area contributed by atoms with Gasteiger partial charge in [0.15, 0.2) is 0 Å². The molecule has 1 amide bonds. The smallest absolute Gasteiger partial charge is 0.262 e. The summed E-state index contributed by atoms with van der Waals surface area (Å²) in [6.07, 6.45) is 3.82. The molecule has 6 nitrogen and oxygen atoms in total. The molecule has 36 heavy (non-hydrogen) atoms.